The number of benzene rings is 1. The number of piperidine rings is 1. The predicted octanol–water partition coefficient (Wildman–Crippen LogP) is 2.07. The summed E-state index contributed by atoms with van der Waals surface area (Å²) < 4.78 is 11.0. The van der Waals surface area contributed by atoms with Crippen molar-refractivity contribution in [2.45, 2.75) is 31.0 Å². The molecule has 0 amide bonds. The first-order chi connectivity index (χ1) is 9.99. The highest BCUT2D eigenvalue weighted by Gasteiger charge is 2.75. The number of nitrogens with zero attached hydrogens (tertiary/aromatic N) is 2. The number of nitroso groups, excluding NO2 is 1. The van der Waals surface area contributed by atoms with Crippen LogP contribution < -0.4 is 0 Å². The van der Waals surface area contributed by atoms with E-state index in [0.717, 1.165) is 0 Å². The van der Waals surface area contributed by atoms with Crippen molar-refractivity contribution in [1.29, 1.82) is 0 Å². The standard InChI is InChI=1S/C14H19N2O5/c1-13(21-11-20-2)9-6-10-15(17)14(13,16(18)19)12-7-4-3-5-8-12/h3-5,7-8H,6,9-11H2,1-2H3/q+1/t13-,14-/m0/s1. The van der Waals surface area contributed by atoms with Gasteiger partial charge in [0, 0.05) is 18.4 Å². The highest BCUT2D eigenvalue weighted by molar-refractivity contribution is 5.23. The van der Waals surface area contributed by atoms with E-state index in [1.165, 1.54) is 7.11 Å². The van der Waals surface area contributed by atoms with Crippen molar-refractivity contribution in [2.24, 2.45) is 0 Å². The topological polar surface area (TPSA) is 81.7 Å². The van der Waals surface area contributed by atoms with E-state index in [9.17, 15) is 15.0 Å². The van der Waals surface area contributed by atoms with Crippen molar-refractivity contribution in [3.63, 3.8) is 0 Å². The molecule has 0 saturated carbocycles. The summed E-state index contributed by atoms with van der Waals surface area (Å²) in [5, 5.41) is 11.9. The highest BCUT2D eigenvalue weighted by Crippen LogP contribution is 2.45. The minimum atomic E-state index is -1.97. The Bertz CT molecular complexity index is 535. The van der Waals surface area contributed by atoms with Gasteiger partial charge in [0.25, 0.3) is 0 Å². The van der Waals surface area contributed by atoms with Crippen LogP contribution in [0.25, 0.3) is 0 Å². The minimum absolute atomic E-state index is 0.0990. The zero-order valence-corrected chi connectivity index (χ0v) is 12.2. The van der Waals surface area contributed by atoms with Gasteiger partial charge in [0.2, 0.25) is 12.1 Å². The van der Waals surface area contributed by atoms with Crippen molar-refractivity contribution < 1.29 is 19.2 Å². The van der Waals surface area contributed by atoms with E-state index in [1.54, 1.807) is 37.3 Å². The number of rotatable bonds is 5. The van der Waals surface area contributed by atoms with E-state index < -0.39 is 16.2 Å². The lowest BCUT2D eigenvalue weighted by Gasteiger charge is -2.37. The molecule has 2 atom stereocenters. The Labute approximate surface area is 122 Å². The van der Waals surface area contributed by atoms with Gasteiger partial charge in [0.15, 0.2) is 0 Å². The van der Waals surface area contributed by atoms with Crippen LogP contribution in [-0.2, 0) is 15.1 Å². The van der Waals surface area contributed by atoms with Crippen LogP contribution in [0.15, 0.2) is 30.3 Å². The molecule has 21 heavy (non-hydrogen) atoms. The minimum Gasteiger partial charge on any atom is -0.359 e. The van der Waals surface area contributed by atoms with Gasteiger partial charge in [-0.2, -0.15) is 0 Å². The first kappa shape index (κ1) is 15.5. The van der Waals surface area contributed by atoms with Gasteiger partial charge in [-0.1, -0.05) is 18.2 Å². The van der Waals surface area contributed by atoms with Crippen LogP contribution in [0, 0.1) is 15.0 Å². The summed E-state index contributed by atoms with van der Waals surface area (Å²) in [4.78, 5) is 23.9. The van der Waals surface area contributed by atoms with Crippen LogP contribution in [0.5, 0.6) is 0 Å². The maximum Gasteiger partial charge on any atom is 0.502 e. The molecule has 1 saturated heterocycles. The molecule has 1 aliphatic heterocycles. The number of hydrogen-bond acceptors (Lipinski definition) is 5. The SMILES string of the molecule is COCO[C@@]1(C)CCC[N+](=O)[C@@]1(c1ccccc1)[N+](=O)[O-]. The number of nitro groups is 1. The van der Waals surface area contributed by atoms with E-state index in [4.69, 9.17) is 9.47 Å². The van der Waals surface area contributed by atoms with E-state index in [1.807, 2.05) is 0 Å². The molecule has 7 heteroatoms. The summed E-state index contributed by atoms with van der Waals surface area (Å²) in [7, 11) is 1.44. The second-order valence-electron chi connectivity index (χ2n) is 5.28. The zero-order chi connectivity index (χ0) is 15.5. The monoisotopic (exact) mass is 295 g/mol. The highest BCUT2D eigenvalue weighted by atomic mass is 16.7. The molecule has 0 N–H and O–H groups in total. The molecule has 7 nitrogen and oxygen atoms in total. The quantitative estimate of drug-likeness (QED) is 0.359. The number of ether oxygens (including phenoxy) is 2. The molecular weight excluding hydrogens is 276 g/mol. The van der Waals surface area contributed by atoms with Gasteiger partial charge in [-0.15, -0.1) is 0 Å². The van der Waals surface area contributed by atoms with Gasteiger partial charge >= 0.3 is 5.66 Å². The van der Waals surface area contributed by atoms with Crippen molar-refractivity contribution in [3.8, 4) is 0 Å². The molecule has 1 aromatic carbocycles. The normalized spacial score (nSPS) is 29.3. The first-order valence-corrected chi connectivity index (χ1v) is 6.77. The van der Waals surface area contributed by atoms with Crippen LogP contribution in [0.1, 0.15) is 25.3 Å². The maximum atomic E-state index is 12.5. The lowest BCUT2D eigenvalue weighted by atomic mass is 9.77. The van der Waals surface area contributed by atoms with Crippen LogP contribution in [-0.4, -0.2) is 35.7 Å². The Morgan fingerprint density at radius 1 is 1.38 bits per heavy atom. The molecular formula is C14H19N2O5+. The largest absolute Gasteiger partial charge is 0.502 e. The second-order valence-corrected chi connectivity index (χ2v) is 5.28. The zero-order valence-electron chi connectivity index (χ0n) is 12.2. The Kier molecular flexibility index (Phi) is 4.34. The Hall–Kier alpha value is -1.86. The van der Waals surface area contributed by atoms with Gasteiger partial charge < -0.3 is 9.47 Å². The van der Waals surface area contributed by atoms with Crippen LogP contribution in [0.3, 0.4) is 0 Å². The van der Waals surface area contributed by atoms with Crippen molar-refractivity contribution in [2.75, 3.05) is 20.4 Å². The summed E-state index contributed by atoms with van der Waals surface area (Å²) in [6, 6.07) is 8.29. The fourth-order valence-electron chi connectivity index (χ4n) is 3.03. The molecule has 1 fully saturated rings. The summed E-state index contributed by atoms with van der Waals surface area (Å²) >= 11 is 0. The predicted molar refractivity (Wildman–Crippen MR) is 74.2 cm³/mol. The molecule has 1 heterocycles. The van der Waals surface area contributed by atoms with Gasteiger partial charge in [0.05, 0.1) is 4.76 Å². The van der Waals surface area contributed by atoms with Crippen molar-refractivity contribution >= 4 is 0 Å². The van der Waals surface area contributed by atoms with Crippen LogP contribution in [0.4, 0.5) is 0 Å². The van der Waals surface area contributed by atoms with Gasteiger partial charge in [0.1, 0.15) is 17.3 Å². The Morgan fingerprint density at radius 2 is 2.05 bits per heavy atom. The second kappa shape index (κ2) is 5.87. The Balaban J connectivity index is 2.62. The third kappa shape index (κ3) is 2.32. The molecule has 0 radical (unpaired) electrons. The molecule has 0 unspecified atom stereocenters. The third-order valence-corrected chi connectivity index (χ3v) is 4.05. The number of methoxy groups -OCH3 is 1. The van der Waals surface area contributed by atoms with Crippen LogP contribution >= 0.6 is 0 Å². The number of hydrogen-bond donors (Lipinski definition) is 0. The summed E-state index contributed by atoms with van der Waals surface area (Å²) in [6.07, 6.45) is 0.942. The average molecular weight is 295 g/mol. The van der Waals surface area contributed by atoms with Crippen LogP contribution in [0.2, 0.25) is 0 Å². The average Bonchev–Trinajstić information content (AvgIpc) is 2.46. The molecule has 0 aromatic heterocycles. The smallest absolute Gasteiger partial charge is 0.359 e. The van der Waals surface area contributed by atoms with Gasteiger partial charge in [-0.25, -0.2) is 0 Å². The van der Waals surface area contributed by atoms with Gasteiger partial charge in [-0.3, -0.25) is 10.1 Å². The van der Waals surface area contributed by atoms with E-state index in [0.29, 0.717) is 23.2 Å². The lowest BCUT2D eigenvalue weighted by Crippen LogP contribution is -2.65. The summed E-state index contributed by atoms with van der Waals surface area (Å²) in [5.41, 5.74) is -2.91. The first-order valence-electron chi connectivity index (χ1n) is 6.77. The van der Waals surface area contributed by atoms with Crippen molar-refractivity contribution in [1.82, 2.24) is 0 Å². The molecule has 2 rings (SSSR count). The van der Waals surface area contributed by atoms with E-state index >= 15 is 0 Å². The van der Waals surface area contributed by atoms with E-state index in [2.05, 4.69) is 0 Å². The maximum absolute atomic E-state index is 12.5. The summed E-state index contributed by atoms with van der Waals surface area (Å²) in [5.74, 6) is 0. The van der Waals surface area contributed by atoms with Crippen molar-refractivity contribution in [3.05, 3.63) is 50.9 Å². The molecule has 0 aliphatic carbocycles. The third-order valence-electron chi connectivity index (χ3n) is 4.05. The molecule has 0 bridgehead atoms. The fraction of sp³-hybridized carbons (Fsp3) is 0.571. The molecule has 1 aliphatic rings. The fourth-order valence-corrected chi connectivity index (χ4v) is 3.03. The lowest BCUT2D eigenvalue weighted by molar-refractivity contribution is -0.861. The molecule has 0 spiro atoms. The van der Waals surface area contributed by atoms with E-state index in [-0.39, 0.29) is 13.3 Å². The summed E-state index contributed by atoms with van der Waals surface area (Å²) in [6.45, 7) is 1.60. The Morgan fingerprint density at radius 3 is 2.62 bits per heavy atom. The molecule has 114 valence electrons. The molecule has 1 aromatic rings. The van der Waals surface area contributed by atoms with Gasteiger partial charge in [-0.05, 0) is 25.5 Å².